The minimum absolute atomic E-state index is 0.00363. The first-order valence-electron chi connectivity index (χ1n) is 8.89. The van der Waals surface area contributed by atoms with Crippen LogP contribution in [0.1, 0.15) is 39.6 Å². The van der Waals surface area contributed by atoms with Crippen LogP contribution in [0.2, 0.25) is 0 Å². The molecule has 1 aliphatic rings. The molecule has 0 aliphatic carbocycles. The SMILES string of the molecule is Cc1nc(C)c2c(C)c(C(=O)NCCCCN3CCOCC3)sc2n1. The number of aromatic nitrogens is 2. The van der Waals surface area contributed by atoms with Crippen LogP contribution >= 0.6 is 11.3 Å². The van der Waals surface area contributed by atoms with Gasteiger partial charge in [-0.05, 0) is 45.7 Å². The van der Waals surface area contributed by atoms with E-state index in [1.807, 2.05) is 20.8 Å². The van der Waals surface area contributed by atoms with E-state index in [9.17, 15) is 4.79 Å². The minimum atomic E-state index is 0.00363. The minimum Gasteiger partial charge on any atom is -0.379 e. The molecule has 0 spiro atoms. The third-order valence-corrected chi connectivity index (χ3v) is 5.76. The molecule has 136 valence electrons. The highest BCUT2D eigenvalue weighted by molar-refractivity contribution is 7.20. The average molecular weight is 362 g/mol. The first-order valence-corrected chi connectivity index (χ1v) is 9.70. The molecule has 1 fully saturated rings. The lowest BCUT2D eigenvalue weighted by Gasteiger charge is -2.26. The Labute approximate surface area is 152 Å². The van der Waals surface area contributed by atoms with E-state index in [0.717, 1.165) is 77.9 Å². The van der Waals surface area contributed by atoms with Crippen LogP contribution in [0.15, 0.2) is 0 Å². The van der Waals surface area contributed by atoms with E-state index < -0.39 is 0 Å². The largest absolute Gasteiger partial charge is 0.379 e. The van der Waals surface area contributed by atoms with Gasteiger partial charge in [-0.15, -0.1) is 11.3 Å². The monoisotopic (exact) mass is 362 g/mol. The van der Waals surface area contributed by atoms with Crippen LogP contribution in [0, 0.1) is 20.8 Å². The number of rotatable bonds is 6. The van der Waals surface area contributed by atoms with Gasteiger partial charge in [0.15, 0.2) is 0 Å². The van der Waals surface area contributed by atoms with Crippen LogP contribution in [0.25, 0.3) is 10.2 Å². The highest BCUT2D eigenvalue weighted by Gasteiger charge is 2.18. The number of unbranched alkanes of at least 4 members (excludes halogenated alkanes) is 1. The normalized spacial score (nSPS) is 15.6. The summed E-state index contributed by atoms with van der Waals surface area (Å²) in [7, 11) is 0. The van der Waals surface area contributed by atoms with Gasteiger partial charge in [0.2, 0.25) is 0 Å². The summed E-state index contributed by atoms with van der Waals surface area (Å²) in [5.41, 5.74) is 1.93. The third kappa shape index (κ3) is 4.34. The molecule has 25 heavy (non-hydrogen) atoms. The summed E-state index contributed by atoms with van der Waals surface area (Å²) in [6.07, 6.45) is 2.08. The van der Waals surface area contributed by atoms with Crippen molar-refractivity contribution in [3.8, 4) is 0 Å². The summed E-state index contributed by atoms with van der Waals surface area (Å²) in [6.45, 7) is 11.3. The molecule has 6 nitrogen and oxygen atoms in total. The number of hydrogen-bond donors (Lipinski definition) is 1. The van der Waals surface area contributed by atoms with Crippen molar-refractivity contribution >= 4 is 27.5 Å². The second-order valence-electron chi connectivity index (χ2n) is 6.51. The van der Waals surface area contributed by atoms with E-state index >= 15 is 0 Å². The van der Waals surface area contributed by atoms with Crippen molar-refractivity contribution in [1.82, 2.24) is 20.2 Å². The fourth-order valence-corrected chi connectivity index (χ4v) is 4.45. The number of nitrogens with one attached hydrogen (secondary N) is 1. The zero-order valence-corrected chi connectivity index (χ0v) is 16.0. The van der Waals surface area contributed by atoms with Crippen LogP contribution in [-0.2, 0) is 4.74 Å². The molecule has 0 atom stereocenters. The molecule has 3 heterocycles. The molecule has 0 bridgehead atoms. The summed E-state index contributed by atoms with van der Waals surface area (Å²) in [5, 5.41) is 4.07. The third-order valence-electron chi connectivity index (χ3n) is 4.58. The van der Waals surface area contributed by atoms with Crippen molar-refractivity contribution in [3.05, 3.63) is 22.0 Å². The molecule has 0 aromatic carbocycles. The molecule has 1 aliphatic heterocycles. The summed E-state index contributed by atoms with van der Waals surface area (Å²) >= 11 is 1.46. The Morgan fingerprint density at radius 2 is 1.96 bits per heavy atom. The second-order valence-corrected chi connectivity index (χ2v) is 7.51. The van der Waals surface area contributed by atoms with Gasteiger partial charge in [-0.1, -0.05) is 0 Å². The van der Waals surface area contributed by atoms with Crippen molar-refractivity contribution in [1.29, 1.82) is 0 Å². The zero-order chi connectivity index (χ0) is 17.8. The van der Waals surface area contributed by atoms with Crippen LogP contribution in [0.5, 0.6) is 0 Å². The standard InChI is InChI=1S/C18H26N4O2S/c1-12-15-13(2)20-14(3)21-18(15)25-16(12)17(23)19-6-4-5-7-22-8-10-24-11-9-22/h4-11H2,1-3H3,(H,19,23). The number of amides is 1. The van der Waals surface area contributed by atoms with Gasteiger partial charge in [0.25, 0.3) is 5.91 Å². The van der Waals surface area contributed by atoms with Crippen molar-refractivity contribution < 1.29 is 9.53 Å². The van der Waals surface area contributed by atoms with Gasteiger partial charge in [-0.2, -0.15) is 0 Å². The maximum Gasteiger partial charge on any atom is 0.261 e. The maximum absolute atomic E-state index is 12.5. The fraction of sp³-hybridized carbons (Fsp3) is 0.611. The smallest absolute Gasteiger partial charge is 0.261 e. The predicted octanol–water partition coefficient (Wildman–Crippen LogP) is 2.46. The first kappa shape index (κ1) is 18.2. The van der Waals surface area contributed by atoms with Gasteiger partial charge in [-0.25, -0.2) is 9.97 Å². The second kappa shape index (κ2) is 8.21. The lowest BCUT2D eigenvalue weighted by atomic mass is 10.1. The Balaban J connectivity index is 1.52. The average Bonchev–Trinajstić information content (AvgIpc) is 2.92. The van der Waals surface area contributed by atoms with Crippen molar-refractivity contribution in [2.24, 2.45) is 0 Å². The summed E-state index contributed by atoms with van der Waals surface area (Å²) in [6, 6.07) is 0. The molecule has 1 N–H and O–H groups in total. The number of morpholine rings is 1. The molecule has 2 aromatic heterocycles. The highest BCUT2D eigenvalue weighted by atomic mass is 32.1. The van der Waals surface area contributed by atoms with E-state index in [1.54, 1.807) is 0 Å². The molecular formula is C18H26N4O2S. The van der Waals surface area contributed by atoms with Gasteiger partial charge in [0.05, 0.1) is 18.1 Å². The van der Waals surface area contributed by atoms with Crippen LogP contribution in [0.4, 0.5) is 0 Å². The van der Waals surface area contributed by atoms with E-state index in [1.165, 1.54) is 11.3 Å². The van der Waals surface area contributed by atoms with Gasteiger partial charge >= 0.3 is 0 Å². The Hall–Kier alpha value is -1.57. The number of hydrogen-bond acceptors (Lipinski definition) is 6. The molecule has 7 heteroatoms. The lowest BCUT2D eigenvalue weighted by Crippen LogP contribution is -2.37. The Kier molecular flexibility index (Phi) is 5.98. The molecule has 0 unspecified atom stereocenters. The number of ether oxygens (including phenoxy) is 1. The Morgan fingerprint density at radius 1 is 1.20 bits per heavy atom. The molecular weight excluding hydrogens is 336 g/mol. The van der Waals surface area contributed by atoms with Gasteiger partial charge < -0.3 is 10.1 Å². The fourth-order valence-electron chi connectivity index (χ4n) is 3.26. The van der Waals surface area contributed by atoms with E-state index in [0.29, 0.717) is 6.54 Å². The summed E-state index contributed by atoms with van der Waals surface area (Å²) in [5.74, 6) is 0.755. The zero-order valence-electron chi connectivity index (χ0n) is 15.2. The number of thiophene rings is 1. The van der Waals surface area contributed by atoms with Gasteiger partial charge in [-0.3, -0.25) is 9.69 Å². The molecule has 1 saturated heterocycles. The number of carbonyl (C=O) groups is 1. The lowest BCUT2D eigenvalue weighted by molar-refractivity contribution is 0.0372. The molecule has 3 rings (SSSR count). The topological polar surface area (TPSA) is 67.4 Å². The molecule has 0 saturated carbocycles. The number of carbonyl (C=O) groups excluding carboxylic acids is 1. The number of fused-ring (bicyclic) bond motifs is 1. The van der Waals surface area contributed by atoms with E-state index in [4.69, 9.17) is 4.74 Å². The van der Waals surface area contributed by atoms with Crippen LogP contribution < -0.4 is 5.32 Å². The van der Waals surface area contributed by atoms with Gasteiger partial charge in [0, 0.05) is 30.7 Å². The van der Waals surface area contributed by atoms with E-state index in [2.05, 4.69) is 20.2 Å². The Morgan fingerprint density at radius 3 is 2.72 bits per heavy atom. The molecule has 2 aromatic rings. The van der Waals surface area contributed by atoms with Crippen LogP contribution in [0.3, 0.4) is 0 Å². The maximum atomic E-state index is 12.5. The summed E-state index contributed by atoms with van der Waals surface area (Å²) < 4.78 is 5.35. The summed E-state index contributed by atoms with van der Waals surface area (Å²) in [4.78, 5) is 25.5. The van der Waals surface area contributed by atoms with Crippen molar-refractivity contribution in [2.45, 2.75) is 33.6 Å². The quantitative estimate of drug-likeness (QED) is 0.800. The number of aryl methyl sites for hydroxylation is 3. The highest BCUT2D eigenvalue weighted by Crippen LogP contribution is 2.31. The van der Waals surface area contributed by atoms with E-state index in [-0.39, 0.29) is 5.91 Å². The van der Waals surface area contributed by atoms with Crippen molar-refractivity contribution in [2.75, 3.05) is 39.4 Å². The predicted molar refractivity (Wildman–Crippen MR) is 100 cm³/mol. The van der Waals surface area contributed by atoms with Crippen molar-refractivity contribution in [3.63, 3.8) is 0 Å². The van der Waals surface area contributed by atoms with Gasteiger partial charge in [0.1, 0.15) is 10.7 Å². The molecule has 1 amide bonds. The first-order chi connectivity index (χ1) is 12.1. The number of nitrogens with zero attached hydrogens (tertiary/aromatic N) is 3. The molecule has 0 radical (unpaired) electrons. The Bertz CT molecular complexity index is 753. The van der Waals surface area contributed by atoms with Crippen LogP contribution in [-0.4, -0.2) is 60.2 Å².